The molecule has 1 aromatic carbocycles. The van der Waals surface area contributed by atoms with Gasteiger partial charge in [-0.25, -0.2) is 0 Å². The zero-order valence-corrected chi connectivity index (χ0v) is 22.6. The molecule has 0 spiro atoms. The second-order valence-corrected chi connectivity index (χ2v) is 10.9. The normalized spacial score (nSPS) is 24.2. The van der Waals surface area contributed by atoms with E-state index in [2.05, 4.69) is 27.9 Å². The van der Waals surface area contributed by atoms with Crippen molar-refractivity contribution in [1.29, 1.82) is 0 Å². The standard InChI is InChI=1S/C26H35IN2O7/c1-35-22-11-15(14-31)10-19(27)24(22)36-21-13-17(25(33)28-8-9-30)12-20(23(21)32)29(18-4-2-3-5-18)26(34)16-6-7-16/h10-11,13,16,18,20-21,23,30-32H,2-9,12,14H2,1H3,(H,28,33)/t20-,21+,23+/m1/s1. The number of benzene rings is 1. The highest BCUT2D eigenvalue weighted by atomic mass is 127. The lowest BCUT2D eigenvalue weighted by molar-refractivity contribution is -0.143. The number of methoxy groups -OCH3 is 1. The Kier molecular flexibility index (Phi) is 9.13. The highest BCUT2D eigenvalue weighted by molar-refractivity contribution is 14.1. The minimum atomic E-state index is -1.05. The molecule has 3 aliphatic carbocycles. The van der Waals surface area contributed by atoms with Crippen LogP contribution in [0.1, 0.15) is 50.5 Å². The Labute approximate surface area is 225 Å². The van der Waals surface area contributed by atoms with Crippen molar-refractivity contribution in [3.8, 4) is 11.5 Å². The molecule has 3 aliphatic rings. The summed E-state index contributed by atoms with van der Waals surface area (Å²) in [5.41, 5.74) is 1.07. The fraction of sp³-hybridized carbons (Fsp3) is 0.615. The van der Waals surface area contributed by atoms with Gasteiger partial charge in [-0.05, 0) is 72.0 Å². The van der Waals surface area contributed by atoms with Crippen LogP contribution in [0.25, 0.3) is 0 Å². The van der Waals surface area contributed by atoms with Crippen LogP contribution < -0.4 is 14.8 Å². The molecule has 2 fully saturated rings. The van der Waals surface area contributed by atoms with E-state index in [0.29, 0.717) is 26.2 Å². The van der Waals surface area contributed by atoms with Gasteiger partial charge in [-0.15, -0.1) is 0 Å². The molecule has 0 radical (unpaired) electrons. The molecule has 0 heterocycles. The van der Waals surface area contributed by atoms with Gasteiger partial charge in [0.1, 0.15) is 12.2 Å². The Morgan fingerprint density at radius 2 is 1.89 bits per heavy atom. The van der Waals surface area contributed by atoms with Crippen molar-refractivity contribution in [2.75, 3.05) is 20.3 Å². The molecule has 198 valence electrons. The minimum absolute atomic E-state index is 0.0122. The van der Waals surface area contributed by atoms with Crippen molar-refractivity contribution in [2.24, 2.45) is 5.92 Å². The molecular weight excluding hydrogens is 579 g/mol. The van der Waals surface area contributed by atoms with E-state index in [1.807, 2.05) is 4.90 Å². The van der Waals surface area contributed by atoms with Crippen LogP contribution >= 0.6 is 22.6 Å². The van der Waals surface area contributed by atoms with Gasteiger partial charge in [0.05, 0.1) is 29.9 Å². The van der Waals surface area contributed by atoms with Crippen LogP contribution in [0.3, 0.4) is 0 Å². The Balaban J connectivity index is 1.69. The van der Waals surface area contributed by atoms with E-state index in [0.717, 1.165) is 38.5 Å². The lowest BCUT2D eigenvalue weighted by atomic mass is 9.87. The number of ether oxygens (including phenoxy) is 2. The Bertz CT molecular complexity index is 991. The van der Waals surface area contributed by atoms with Gasteiger partial charge in [-0.2, -0.15) is 0 Å². The van der Waals surface area contributed by atoms with Gasteiger partial charge < -0.3 is 35.0 Å². The van der Waals surface area contributed by atoms with Crippen LogP contribution in [-0.2, 0) is 16.2 Å². The van der Waals surface area contributed by atoms with E-state index in [9.17, 15) is 24.9 Å². The lowest BCUT2D eigenvalue weighted by Crippen LogP contribution is -2.58. The first-order valence-corrected chi connectivity index (χ1v) is 13.7. The number of nitrogens with zero attached hydrogens (tertiary/aromatic N) is 1. The first-order chi connectivity index (χ1) is 17.4. The number of aliphatic hydroxyl groups is 3. The van der Waals surface area contributed by atoms with E-state index in [-0.39, 0.29) is 50.0 Å². The van der Waals surface area contributed by atoms with E-state index in [1.165, 1.54) is 7.11 Å². The molecule has 9 nitrogen and oxygen atoms in total. The SMILES string of the molecule is COc1cc(CO)cc(I)c1O[C@H]1C=C(C(=O)NCCO)C[C@@H](N(C(=O)C2CC2)C2CCCC2)[C@@H]1O. The molecule has 4 rings (SSSR count). The number of carbonyl (C=O) groups excluding carboxylic acids is 2. The van der Waals surface area contributed by atoms with Crippen molar-refractivity contribution in [1.82, 2.24) is 10.2 Å². The number of carbonyl (C=O) groups is 2. The molecule has 36 heavy (non-hydrogen) atoms. The highest BCUT2D eigenvalue weighted by Gasteiger charge is 2.46. The summed E-state index contributed by atoms with van der Waals surface area (Å²) in [7, 11) is 1.50. The number of nitrogens with one attached hydrogen (secondary N) is 1. The van der Waals surface area contributed by atoms with Gasteiger partial charge in [0.2, 0.25) is 11.8 Å². The summed E-state index contributed by atoms with van der Waals surface area (Å²) >= 11 is 2.09. The van der Waals surface area contributed by atoms with Gasteiger partial charge in [0.15, 0.2) is 11.5 Å². The Morgan fingerprint density at radius 3 is 2.50 bits per heavy atom. The second-order valence-electron chi connectivity index (χ2n) is 9.74. The molecule has 10 heteroatoms. The number of halogens is 1. The van der Waals surface area contributed by atoms with Crippen LogP contribution in [0.15, 0.2) is 23.8 Å². The summed E-state index contributed by atoms with van der Waals surface area (Å²) < 4.78 is 12.5. The molecule has 0 saturated heterocycles. The smallest absolute Gasteiger partial charge is 0.247 e. The second kappa shape index (κ2) is 12.1. The Hall–Kier alpha value is -1.89. The number of hydrogen-bond donors (Lipinski definition) is 4. The first-order valence-electron chi connectivity index (χ1n) is 12.6. The maximum absolute atomic E-state index is 13.5. The van der Waals surface area contributed by atoms with E-state index in [4.69, 9.17) is 9.47 Å². The number of hydrogen-bond acceptors (Lipinski definition) is 7. The third-order valence-electron chi connectivity index (χ3n) is 7.20. The van der Waals surface area contributed by atoms with E-state index in [1.54, 1.807) is 18.2 Å². The predicted molar refractivity (Wildman–Crippen MR) is 140 cm³/mol. The number of amides is 2. The zero-order valence-electron chi connectivity index (χ0n) is 20.5. The van der Waals surface area contributed by atoms with Crippen LogP contribution in [0.2, 0.25) is 0 Å². The summed E-state index contributed by atoms with van der Waals surface area (Å²) in [4.78, 5) is 28.3. The summed E-state index contributed by atoms with van der Waals surface area (Å²) in [6, 6.07) is 2.87. The summed E-state index contributed by atoms with van der Waals surface area (Å²) in [6.45, 7) is -0.238. The topological polar surface area (TPSA) is 129 Å². The molecule has 2 amide bonds. The summed E-state index contributed by atoms with van der Waals surface area (Å²) in [5.74, 6) is 0.494. The van der Waals surface area contributed by atoms with E-state index >= 15 is 0 Å². The van der Waals surface area contributed by atoms with Gasteiger partial charge in [-0.3, -0.25) is 9.59 Å². The molecule has 3 atom stereocenters. The molecule has 0 bridgehead atoms. The lowest BCUT2D eigenvalue weighted by Gasteiger charge is -2.43. The van der Waals surface area contributed by atoms with Crippen LogP contribution in [0.5, 0.6) is 11.5 Å². The number of aliphatic hydroxyl groups excluding tert-OH is 3. The fourth-order valence-electron chi connectivity index (χ4n) is 5.20. The van der Waals surface area contributed by atoms with Crippen LogP contribution in [0, 0.1) is 9.49 Å². The van der Waals surface area contributed by atoms with Gasteiger partial charge in [0.25, 0.3) is 0 Å². The van der Waals surface area contributed by atoms with Crippen molar-refractivity contribution < 1.29 is 34.4 Å². The number of rotatable bonds is 10. The predicted octanol–water partition coefficient (Wildman–Crippen LogP) is 1.89. The molecule has 0 aliphatic heterocycles. The molecule has 0 aromatic heterocycles. The van der Waals surface area contributed by atoms with E-state index < -0.39 is 18.2 Å². The average Bonchev–Trinajstić information content (AvgIpc) is 3.60. The largest absolute Gasteiger partial charge is 0.493 e. The van der Waals surface area contributed by atoms with Crippen molar-refractivity contribution in [3.63, 3.8) is 0 Å². The molecule has 2 saturated carbocycles. The molecule has 0 unspecified atom stereocenters. The van der Waals surface area contributed by atoms with Gasteiger partial charge in [0, 0.05) is 30.5 Å². The summed E-state index contributed by atoms with van der Waals surface area (Å²) in [5, 5.41) is 33.0. The van der Waals surface area contributed by atoms with Crippen molar-refractivity contribution in [3.05, 3.63) is 32.9 Å². The first kappa shape index (κ1) is 27.2. The maximum atomic E-state index is 13.5. The minimum Gasteiger partial charge on any atom is -0.493 e. The third-order valence-corrected chi connectivity index (χ3v) is 8.00. The van der Waals surface area contributed by atoms with Crippen molar-refractivity contribution in [2.45, 2.75) is 75.8 Å². The van der Waals surface area contributed by atoms with Gasteiger partial charge in [-0.1, -0.05) is 12.8 Å². The Morgan fingerprint density at radius 1 is 1.17 bits per heavy atom. The quantitative estimate of drug-likeness (QED) is 0.297. The molecular formula is C26H35IN2O7. The molecule has 1 aromatic rings. The van der Waals surface area contributed by atoms with Crippen LogP contribution in [0.4, 0.5) is 0 Å². The van der Waals surface area contributed by atoms with Crippen LogP contribution in [-0.4, -0.2) is 76.6 Å². The zero-order chi connectivity index (χ0) is 25.8. The average molecular weight is 614 g/mol. The summed E-state index contributed by atoms with van der Waals surface area (Å²) in [6.07, 6.45) is 5.42. The fourth-order valence-corrected chi connectivity index (χ4v) is 5.99. The van der Waals surface area contributed by atoms with Crippen molar-refractivity contribution >= 4 is 34.4 Å². The molecule has 4 N–H and O–H groups in total. The third kappa shape index (κ3) is 5.98. The maximum Gasteiger partial charge on any atom is 0.247 e. The monoisotopic (exact) mass is 614 g/mol. The van der Waals surface area contributed by atoms with Gasteiger partial charge >= 0.3 is 0 Å². The highest BCUT2D eigenvalue weighted by Crippen LogP contribution is 2.40.